The number of ether oxygens (including phenoxy) is 1. The largest absolute Gasteiger partial charge is 0.494 e. The van der Waals surface area contributed by atoms with Crippen molar-refractivity contribution in [2.75, 3.05) is 6.61 Å². The summed E-state index contributed by atoms with van der Waals surface area (Å²) in [4.78, 5) is 0. The average molecular weight is 284 g/mol. The molecule has 1 unspecified atom stereocenters. The molecule has 0 fully saturated rings. The summed E-state index contributed by atoms with van der Waals surface area (Å²) in [7, 11) is 0. The number of nitrogens with one attached hydrogen (secondary N) is 1. The predicted molar refractivity (Wildman–Crippen MR) is 87.2 cm³/mol. The first-order valence-electron chi connectivity index (χ1n) is 7.48. The summed E-state index contributed by atoms with van der Waals surface area (Å²) in [6.07, 6.45) is 1.87. The number of aryl methyl sites for hydroxylation is 1. The van der Waals surface area contributed by atoms with Gasteiger partial charge in [0, 0.05) is 0 Å². The fourth-order valence-corrected chi connectivity index (χ4v) is 2.37. The molecule has 2 rings (SSSR count). The highest BCUT2D eigenvalue weighted by Crippen LogP contribution is 2.23. The third-order valence-electron chi connectivity index (χ3n) is 3.62. The van der Waals surface area contributed by atoms with E-state index in [4.69, 9.17) is 10.6 Å². The molecule has 0 heterocycles. The van der Waals surface area contributed by atoms with E-state index in [1.165, 1.54) is 11.1 Å². The van der Waals surface area contributed by atoms with Crippen molar-refractivity contribution < 1.29 is 4.74 Å². The van der Waals surface area contributed by atoms with Gasteiger partial charge in [0.05, 0.1) is 12.6 Å². The number of benzene rings is 2. The monoisotopic (exact) mass is 284 g/mol. The second-order valence-corrected chi connectivity index (χ2v) is 5.27. The van der Waals surface area contributed by atoms with Gasteiger partial charge in [0.2, 0.25) is 0 Å². The van der Waals surface area contributed by atoms with Gasteiger partial charge in [-0.05, 0) is 48.6 Å². The minimum atomic E-state index is 0.0799. The van der Waals surface area contributed by atoms with Crippen molar-refractivity contribution in [2.45, 2.75) is 32.7 Å². The minimum Gasteiger partial charge on any atom is -0.494 e. The molecule has 3 N–H and O–H groups in total. The van der Waals surface area contributed by atoms with Crippen LogP contribution in [0.4, 0.5) is 0 Å². The second-order valence-electron chi connectivity index (χ2n) is 5.27. The van der Waals surface area contributed by atoms with Gasteiger partial charge in [-0.15, -0.1) is 0 Å². The highest BCUT2D eigenvalue weighted by molar-refractivity contribution is 5.33. The molecule has 0 aliphatic heterocycles. The number of hydrogen-bond acceptors (Lipinski definition) is 3. The van der Waals surface area contributed by atoms with Crippen LogP contribution in [-0.2, 0) is 6.42 Å². The van der Waals surface area contributed by atoms with E-state index < -0.39 is 0 Å². The third-order valence-corrected chi connectivity index (χ3v) is 3.62. The molecule has 0 spiro atoms. The summed E-state index contributed by atoms with van der Waals surface area (Å²) in [6, 6.07) is 16.6. The van der Waals surface area contributed by atoms with Crippen molar-refractivity contribution in [1.82, 2.24) is 5.43 Å². The Kier molecular flexibility index (Phi) is 5.78. The van der Waals surface area contributed by atoms with Crippen LogP contribution in [-0.4, -0.2) is 6.61 Å². The van der Waals surface area contributed by atoms with Crippen molar-refractivity contribution in [1.29, 1.82) is 0 Å². The first-order chi connectivity index (χ1) is 10.2. The molecule has 21 heavy (non-hydrogen) atoms. The molecule has 0 amide bonds. The molecule has 0 aromatic heterocycles. The Morgan fingerprint density at radius 1 is 1.14 bits per heavy atom. The first-order valence-corrected chi connectivity index (χ1v) is 7.48. The van der Waals surface area contributed by atoms with Crippen LogP contribution in [0, 0.1) is 6.92 Å². The summed E-state index contributed by atoms with van der Waals surface area (Å²) in [5.74, 6) is 6.66. The Balaban J connectivity index is 2.15. The van der Waals surface area contributed by atoms with Gasteiger partial charge >= 0.3 is 0 Å². The van der Waals surface area contributed by atoms with Gasteiger partial charge < -0.3 is 4.74 Å². The maximum absolute atomic E-state index is 5.76. The smallest absolute Gasteiger partial charge is 0.119 e. The number of rotatable bonds is 7. The minimum absolute atomic E-state index is 0.0799. The van der Waals surface area contributed by atoms with Gasteiger partial charge in [-0.25, -0.2) is 0 Å². The Morgan fingerprint density at radius 2 is 1.95 bits per heavy atom. The fraction of sp³-hybridized carbons (Fsp3) is 0.333. The van der Waals surface area contributed by atoms with Crippen LogP contribution in [0.15, 0.2) is 48.5 Å². The number of hydrazine groups is 1. The SMILES string of the molecule is CCCOc1cccc(C(Cc2ccccc2C)NN)c1. The fourth-order valence-electron chi connectivity index (χ4n) is 2.37. The van der Waals surface area contributed by atoms with Crippen molar-refractivity contribution in [3.05, 3.63) is 65.2 Å². The highest BCUT2D eigenvalue weighted by atomic mass is 16.5. The predicted octanol–water partition coefficient (Wildman–Crippen LogP) is 3.53. The molecule has 0 radical (unpaired) electrons. The van der Waals surface area contributed by atoms with E-state index >= 15 is 0 Å². The lowest BCUT2D eigenvalue weighted by Crippen LogP contribution is -2.29. The van der Waals surface area contributed by atoms with Crippen LogP contribution in [0.3, 0.4) is 0 Å². The number of hydrogen-bond donors (Lipinski definition) is 2. The number of nitrogens with two attached hydrogens (primary N) is 1. The lowest BCUT2D eigenvalue weighted by molar-refractivity contribution is 0.316. The van der Waals surface area contributed by atoms with Gasteiger partial charge in [-0.1, -0.05) is 43.3 Å². The van der Waals surface area contributed by atoms with E-state index in [9.17, 15) is 0 Å². The van der Waals surface area contributed by atoms with E-state index in [0.717, 1.165) is 30.8 Å². The maximum atomic E-state index is 5.76. The first kappa shape index (κ1) is 15.5. The lowest BCUT2D eigenvalue weighted by Gasteiger charge is -2.18. The van der Waals surface area contributed by atoms with Gasteiger partial charge in [0.15, 0.2) is 0 Å². The molecule has 1 atom stereocenters. The molecule has 3 heteroatoms. The van der Waals surface area contributed by atoms with Gasteiger partial charge in [-0.2, -0.15) is 0 Å². The molecule has 0 aliphatic carbocycles. The van der Waals surface area contributed by atoms with Gasteiger partial charge in [0.25, 0.3) is 0 Å². The van der Waals surface area contributed by atoms with E-state index in [-0.39, 0.29) is 6.04 Å². The van der Waals surface area contributed by atoms with E-state index in [2.05, 4.69) is 55.7 Å². The molecule has 0 saturated carbocycles. The van der Waals surface area contributed by atoms with Crippen molar-refractivity contribution >= 4 is 0 Å². The second kappa shape index (κ2) is 7.81. The molecule has 0 saturated heterocycles. The van der Waals surface area contributed by atoms with Crippen molar-refractivity contribution in [3.63, 3.8) is 0 Å². The average Bonchev–Trinajstić information content (AvgIpc) is 2.52. The molecular formula is C18H24N2O. The molecule has 3 nitrogen and oxygen atoms in total. The van der Waals surface area contributed by atoms with Crippen LogP contribution in [0.2, 0.25) is 0 Å². The van der Waals surface area contributed by atoms with Crippen LogP contribution >= 0.6 is 0 Å². The molecule has 112 valence electrons. The maximum Gasteiger partial charge on any atom is 0.119 e. The van der Waals surface area contributed by atoms with E-state index in [1.807, 2.05) is 12.1 Å². The van der Waals surface area contributed by atoms with Crippen molar-refractivity contribution in [3.8, 4) is 5.75 Å². The van der Waals surface area contributed by atoms with Gasteiger partial charge in [-0.3, -0.25) is 11.3 Å². The van der Waals surface area contributed by atoms with Gasteiger partial charge in [0.1, 0.15) is 5.75 Å². The Labute approximate surface area is 127 Å². The Bertz CT molecular complexity index is 569. The van der Waals surface area contributed by atoms with E-state index in [1.54, 1.807) is 0 Å². The summed E-state index contributed by atoms with van der Waals surface area (Å²) in [5.41, 5.74) is 6.66. The Morgan fingerprint density at radius 3 is 2.67 bits per heavy atom. The summed E-state index contributed by atoms with van der Waals surface area (Å²) >= 11 is 0. The lowest BCUT2D eigenvalue weighted by atomic mass is 9.96. The molecule has 0 aliphatic rings. The summed E-state index contributed by atoms with van der Waals surface area (Å²) < 4.78 is 5.70. The summed E-state index contributed by atoms with van der Waals surface area (Å²) in [5, 5.41) is 0. The molecule has 0 bridgehead atoms. The van der Waals surface area contributed by atoms with E-state index in [0.29, 0.717) is 0 Å². The molecule has 2 aromatic carbocycles. The van der Waals surface area contributed by atoms with Crippen molar-refractivity contribution in [2.24, 2.45) is 5.84 Å². The molecular weight excluding hydrogens is 260 g/mol. The van der Waals surface area contributed by atoms with Crippen LogP contribution in [0.5, 0.6) is 5.75 Å². The standard InChI is InChI=1S/C18H24N2O/c1-3-11-21-17-10-6-9-16(12-17)18(20-19)13-15-8-5-4-7-14(15)2/h4-10,12,18,20H,3,11,13,19H2,1-2H3. The normalized spacial score (nSPS) is 12.1. The topological polar surface area (TPSA) is 47.3 Å². The Hall–Kier alpha value is -1.84. The zero-order valence-corrected chi connectivity index (χ0v) is 12.8. The zero-order chi connectivity index (χ0) is 15.1. The van der Waals surface area contributed by atoms with Crippen LogP contribution in [0.1, 0.15) is 36.1 Å². The highest BCUT2D eigenvalue weighted by Gasteiger charge is 2.12. The van der Waals surface area contributed by atoms with Crippen LogP contribution < -0.4 is 16.0 Å². The molecule has 2 aromatic rings. The summed E-state index contributed by atoms with van der Waals surface area (Å²) in [6.45, 7) is 4.97. The zero-order valence-electron chi connectivity index (χ0n) is 12.8. The quantitative estimate of drug-likeness (QED) is 0.604. The van der Waals surface area contributed by atoms with Crippen LogP contribution in [0.25, 0.3) is 0 Å². The third kappa shape index (κ3) is 4.31.